The molecule has 1 heterocycles. The molecule has 112 valence electrons. The van der Waals surface area contributed by atoms with E-state index in [0.29, 0.717) is 12.4 Å². The molecule has 0 fully saturated rings. The summed E-state index contributed by atoms with van der Waals surface area (Å²) in [7, 11) is -0.557. The predicted octanol–water partition coefficient (Wildman–Crippen LogP) is 0.270. The average Bonchev–Trinajstić information content (AvgIpc) is 2.43. The molecule has 0 aliphatic heterocycles. The summed E-state index contributed by atoms with van der Waals surface area (Å²) in [5, 5.41) is 5.55. The van der Waals surface area contributed by atoms with Gasteiger partial charge in [-0.25, -0.2) is 17.7 Å². The van der Waals surface area contributed by atoms with Crippen LogP contribution in [0.5, 0.6) is 0 Å². The van der Waals surface area contributed by atoms with E-state index in [1.165, 1.54) is 32.4 Å². The van der Waals surface area contributed by atoms with Gasteiger partial charge in [0.1, 0.15) is 10.7 Å². The van der Waals surface area contributed by atoms with E-state index in [0.717, 1.165) is 10.7 Å². The van der Waals surface area contributed by atoms with Gasteiger partial charge in [0, 0.05) is 26.8 Å². The molecule has 0 saturated heterocycles. The highest BCUT2D eigenvalue weighted by Crippen LogP contribution is 2.13. The number of anilines is 1. The number of rotatable bonds is 7. The first-order valence-electron chi connectivity index (χ1n) is 6.27. The van der Waals surface area contributed by atoms with Crippen LogP contribution in [0.15, 0.2) is 23.2 Å². The molecule has 0 spiro atoms. The first kappa shape index (κ1) is 16.4. The van der Waals surface area contributed by atoms with Crippen LogP contribution < -0.4 is 10.6 Å². The number of hydrogen-bond donors (Lipinski definition) is 2. The van der Waals surface area contributed by atoms with Crippen molar-refractivity contribution in [3.05, 3.63) is 18.3 Å². The monoisotopic (exact) mass is 300 g/mol. The SMILES string of the molecule is CCCNC(=O)CNc1ccc(S(=O)(=O)N(C)C)cn1. The Morgan fingerprint density at radius 2 is 2.05 bits per heavy atom. The third kappa shape index (κ3) is 4.46. The van der Waals surface area contributed by atoms with Gasteiger partial charge in [-0.1, -0.05) is 6.92 Å². The summed E-state index contributed by atoms with van der Waals surface area (Å²) in [5.41, 5.74) is 0. The van der Waals surface area contributed by atoms with Crippen LogP contribution >= 0.6 is 0 Å². The van der Waals surface area contributed by atoms with Crippen molar-refractivity contribution >= 4 is 21.7 Å². The Labute approximate surface area is 119 Å². The predicted molar refractivity (Wildman–Crippen MR) is 76.9 cm³/mol. The van der Waals surface area contributed by atoms with Crippen LogP contribution in [0.4, 0.5) is 5.82 Å². The molecule has 0 saturated carbocycles. The van der Waals surface area contributed by atoms with Crippen LogP contribution in [0.2, 0.25) is 0 Å². The maximum atomic E-state index is 11.8. The van der Waals surface area contributed by atoms with Gasteiger partial charge in [0.05, 0.1) is 6.54 Å². The van der Waals surface area contributed by atoms with Crippen LogP contribution in [0.3, 0.4) is 0 Å². The second-order valence-electron chi connectivity index (χ2n) is 4.37. The topological polar surface area (TPSA) is 91.4 Å². The maximum Gasteiger partial charge on any atom is 0.244 e. The fourth-order valence-corrected chi connectivity index (χ4v) is 2.19. The van der Waals surface area contributed by atoms with Gasteiger partial charge in [-0.05, 0) is 18.6 Å². The van der Waals surface area contributed by atoms with Gasteiger partial charge in [-0.2, -0.15) is 0 Å². The summed E-state index contributed by atoms with van der Waals surface area (Å²) in [6, 6.07) is 2.98. The lowest BCUT2D eigenvalue weighted by atomic mass is 10.4. The number of carbonyl (C=O) groups is 1. The summed E-state index contributed by atoms with van der Waals surface area (Å²) in [4.78, 5) is 15.5. The van der Waals surface area contributed by atoms with E-state index >= 15 is 0 Å². The highest BCUT2D eigenvalue weighted by molar-refractivity contribution is 7.89. The lowest BCUT2D eigenvalue weighted by Gasteiger charge is -2.11. The molecule has 1 aromatic heterocycles. The van der Waals surface area contributed by atoms with E-state index in [1.54, 1.807) is 0 Å². The third-order valence-electron chi connectivity index (χ3n) is 2.52. The Hall–Kier alpha value is -1.67. The van der Waals surface area contributed by atoms with Gasteiger partial charge in [-0.15, -0.1) is 0 Å². The molecule has 0 unspecified atom stereocenters. The molecule has 0 aliphatic carbocycles. The minimum Gasteiger partial charge on any atom is -0.361 e. The molecule has 1 amide bonds. The zero-order valence-electron chi connectivity index (χ0n) is 11.9. The standard InChI is InChI=1S/C12H20N4O3S/c1-4-7-13-12(17)9-15-11-6-5-10(8-14-11)20(18,19)16(2)3/h5-6,8H,4,7,9H2,1-3H3,(H,13,17)(H,14,15). The number of hydrogen-bond acceptors (Lipinski definition) is 5. The van der Waals surface area contributed by atoms with Crippen molar-refractivity contribution in [3.63, 3.8) is 0 Å². The Morgan fingerprint density at radius 3 is 2.55 bits per heavy atom. The first-order chi connectivity index (χ1) is 9.37. The van der Waals surface area contributed by atoms with E-state index in [9.17, 15) is 13.2 Å². The fraction of sp³-hybridized carbons (Fsp3) is 0.500. The molecule has 0 aliphatic rings. The first-order valence-corrected chi connectivity index (χ1v) is 7.71. The maximum absolute atomic E-state index is 11.8. The third-order valence-corrected chi connectivity index (χ3v) is 4.32. The number of pyridine rings is 1. The van der Waals surface area contributed by atoms with E-state index in [4.69, 9.17) is 0 Å². The second-order valence-corrected chi connectivity index (χ2v) is 6.52. The molecular weight excluding hydrogens is 280 g/mol. The zero-order chi connectivity index (χ0) is 15.2. The molecule has 8 heteroatoms. The van der Waals surface area contributed by atoms with Gasteiger partial charge in [0.2, 0.25) is 15.9 Å². The average molecular weight is 300 g/mol. The van der Waals surface area contributed by atoms with E-state index in [2.05, 4.69) is 15.6 Å². The zero-order valence-corrected chi connectivity index (χ0v) is 12.7. The van der Waals surface area contributed by atoms with Crippen molar-refractivity contribution in [1.29, 1.82) is 0 Å². The van der Waals surface area contributed by atoms with E-state index in [-0.39, 0.29) is 17.3 Å². The summed E-state index contributed by atoms with van der Waals surface area (Å²) >= 11 is 0. The van der Waals surface area contributed by atoms with Crippen LogP contribution in [0.1, 0.15) is 13.3 Å². The minimum absolute atomic E-state index is 0.104. The second kappa shape index (κ2) is 7.20. The molecule has 0 aromatic carbocycles. The van der Waals surface area contributed by atoms with Gasteiger partial charge >= 0.3 is 0 Å². The van der Waals surface area contributed by atoms with Crippen molar-refractivity contribution in [3.8, 4) is 0 Å². The van der Waals surface area contributed by atoms with Crippen molar-refractivity contribution in [2.75, 3.05) is 32.5 Å². The quantitative estimate of drug-likeness (QED) is 0.754. The Bertz CT molecular complexity index is 540. The number of aromatic nitrogens is 1. The lowest BCUT2D eigenvalue weighted by Crippen LogP contribution is -2.30. The number of nitrogens with zero attached hydrogens (tertiary/aromatic N) is 2. The summed E-state index contributed by atoms with van der Waals surface area (Å²) < 4.78 is 24.8. The Balaban J connectivity index is 2.62. The number of carbonyl (C=O) groups excluding carboxylic acids is 1. The molecule has 20 heavy (non-hydrogen) atoms. The van der Waals surface area contributed by atoms with E-state index in [1.807, 2.05) is 6.92 Å². The highest BCUT2D eigenvalue weighted by Gasteiger charge is 2.17. The summed E-state index contributed by atoms with van der Waals surface area (Å²) in [6.07, 6.45) is 2.14. The Kier molecular flexibility index (Phi) is 5.90. The van der Waals surface area contributed by atoms with Crippen molar-refractivity contribution in [2.24, 2.45) is 0 Å². The number of sulfonamides is 1. The fourth-order valence-electron chi connectivity index (χ4n) is 1.35. The number of amides is 1. The normalized spacial score (nSPS) is 11.4. The molecule has 1 rings (SSSR count). The minimum atomic E-state index is -3.47. The smallest absolute Gasteiger partial charge is 0.244 e. The molecule has 0 atom stereocenters. The van der Waals surface area contributed by atoms with Crippen LogP contribution in [-0.2, 0) is 14.8 Å². The van der Waals surface area contributed by atoms with Crippen molar-refractivity contribution in [1.82, 2.24) is 14.6 Å². The molecule has 0 bridgehead atoms. The van der Waals surface area contributed by atoms with Crippen molar-refractivity contribution in [2.45, 2.75) is 18.2 Å². The summed E-state index contributed by atoms with van der Waals surface area (Å²) in [5.74, 6) is 0.327. The van der Waals surface area contributed by atoms with Crippen LogP contribution in [0, 0.1) is 0 Å². The van der Waals surface area contributed by atoms with Crippen LogP contribution in [0.25, 0.3) is 0 Å². The molecule has 0 radical (unpaired) electrons. The van der Waals surface area contributed by atoms with Crippen LogP contribution in [-0.4, -0.2) is 50.8 Å². The summed E-state index contributed by atoms with van der Waals surface area (Å²) in [6.45, 7) is 2.71. The van der Waals surface area contributed by atoms with Gasteiger partial charge < -0.3 is 10.6 Å². The van der Waals surface area contributed by atoms with Gasteiger partial charge in [0.25, 0.3) is 0 Å². The largest absolute Gasteiger partial charge is 0.361 e. The highest BCUT2D eigenvalue weighted by atomic mass is 32.2. The van der Waals surface area contributed by atoms with Crippen molar-refractivity contribution < 1.29 is 13.2 Å². The lowest BCUT2D eigenvalue weighted by molar-refractivity contribution is -0.119. The molecular formula is C12H20N4O3S. The molecule has 7 nitrogen and oxygen atoms in total. The molecule has 1 aromatic rings. The Morgan fingerprint density at radius 1 is 1.35 bits per heavy atom. The van der Waals surface area contributed by atoms with E-state index < -0.39 is 10.0 Å². The molecule has 2 N–H and O–H groups in total. The van der Waals surface area contributed by atoms with Gasteiger partial charge in [0.15, 0.2) is 0 Å². The number of nitrogens with one attached hydrogen (secondary N) is 2. The van der Waals surface area contributed by atoms with Gasteiger partial charge in [-0.3, -0.25) is 4.79 Å².